The van der Waals surface area contributed by atoms with Gasteiger partial charge < -0.3 is 9.73 Å². The lowest BCUT2D eigenvalue weighted by Gasteiger charge is -2.04. The molecule has 0 unspecified atom stereocenters. The van der Waals surface area contributed by atoms with Crippen LogP contribution in [0.15, 0.2) is 28.8 Å². The Hall–Kier alpha value is -1.99. The molecule has 0 radical (unpaired) electrons. The number of hydrogen-bond acceptors (Lipinski definition) is 4. The summed E-state index contributed by atoms with van der Waals surface area (Å²) in [7, 11) is 0. The van der Waals surface area contributed by atoms with E-state index in [-0.39, 0.29) is 0 Å². The molecule has 0 aliphatic carbocycles. The Bertz CT molecular complexity index is 571. The lowest BCUT2D eigenvalue weighted by Crippen LogP contribution is -1.99. The molecule has 0 amide bonds. The van der Waals surface area contributed by atoms with Crippen molar-refractivity contribution in [1.82, 2.24) is 4.98 Å². The molecule has 5 heteroatoms. The number of aromatic nitrogens is 1. The maximum Gasteiger partial charge on any atom is 0.213 e. The molecule has 1 aromatic carbocycles. The van der Waals surface area contributed by atoms with E-state index in [1.807, 2.05) is 13.0 Å². The quantitative estimate of drug-likeness (QED) is 0.905. The van der Waals surface area contributed by atoms with Gasteiger partial charge in [-0.3, -0.25) is 0 Å². The Labute approximate surface area is 104 Å². The number of anilines is 1. The van der Waals surface area contributed by atoms with Gasteiger partial charge in [-0.05, 0) is 25.1 Å². The van der Waals surface area contributed by atoms with Crippen molar-refractivity contribution in [3.8, 4) is 6.07 Å². The van der Waals surface area contributed by atoms with Crippen LogP contribution in [0.2, 0.25) is 5.02 Å². The molecule has 4 nitrogen and oxygen atoms in total. The lowest BCUT2D eigenvalue weighted by molar-refractivity contribution is 0.479. The third kappa shape index (κ3) is 2.77. The number of nitriles is 1. The largest absolute Gasteiger partial charge is 0.444 e. The number of hydrogen-bond donors (Lipinski definition) is 1. The summed E-state index contributed by atoms with van der Waals surface area (Å²) in [6.45, 7) is 2.32. The lowest BCUT2D eigenvalue weighted by atomic mass is 10.2. The topological polar surface area (TPSA) is 61.9 Å². The van der Waals surface area contributed by atoms with Crippen molar-refractivity contribution in [3.63, 3.8) is 0 Å². The van der Waals surface area contributed by atoms with Crippen LogP contribution in [0, 0.1) is 18.3 Å². The van der Waals surface area contributed by atoms with Gasteiger partial charge in [-0.2, -0.15) is 5.26 Å². The monoisotopic (exact) mass is 247 g/mol. The van der Waals surface area contributed by atoms with E-state index in [1.54, 1.807) is 24.4 Å². The van der Waals surface area contributed by atoms with Crippen molar-refractivity contribution >= 4 is 17.3 Å². The highest BCUT2D eigenvalue weighted by Crippen LogP contribution is 2.20. The molecule has 0 saturated carbocycles. The van der Waals surface area contributed by atoms with Gasteiger partial charge in [0, 0.05) is 5.69 Å². The van der Waals surface area contributed by atoms with Crippen molar-refractivity contribution in [1.29, 1.82) is 5.26 Å². The molecule has 1 N–H and O–H groups in total. The molecule has 0 saturated heterocycles. The summed E-state index contributed by atoms with van der Waals surface area (Å²) in [5, 5.41) is 12.3. The van der Waals surface area contributed by atoms with Crippen molar-refractivity contribution in [3.05, 3.63) is 46.6 Å². The smallest absolute Gasteiger partial charge is 0.213 e. The van der Waals surface area contributed by atoms with Crippen LogP contribution in [0.5, 0.6) is 0 Å². The van der Waals surface area contributed by atoms with Gasteiger partial charge >= 0.3 is 0 Å². The average molecular weight is 248 g/mol. The Balaban J connectivity index is 2.05. The van der Waals surface area contributed by atoms with E-state index >= 15 is 0 Å². The highest BCUT2D eigenvalue weighted by Gasteiger charge is 2.03. The van der Waals surface area contributed by atoms with Crippen molar-refractivity contribution in [2.75, 3.05) is 5.32 Å². The molecule has 2 aromatic rings. The van der Waals surface area contributed by atoms with Crippen LogP contribution in [0.25, 0.3) is 0 Å². The predicted octanol–water partition coefficient (Wildman–Crippen LogP) is 3.12. The van der Waals surface area contributed by atoms with E-state index in [1.165, 1.54) is 0 Å². The molecule has 0 spiro atoms. The summed E-state index contributed by atoms with van der Waals surface area (Å²) in [6, 6.07) is 7.18. The summed E-state index contributed by atoms with van der Waals surface area (Å²) in [4.78, 5) is 4.07. The van der Waals surface area contributed by atoms with Gasteiger partial charge in [0.05, 0.1) is 23.3 Å². The Morgan fingerprint density at radius 1 is 1.53 bits per heavy atom. The van der Waals surface area contributed by atoms with Gasteiger partial charge in [0.25, 0.3) is 0 Å². The zero-order valence-electron chi connectivity index (χ0n) is 9.20. The second-order valence-corrected chi connectivity index (χ2v) is 3.93. The first-order valence-electron chi connectivity index (χ1n) is 5.04. The minimum atomic E-state index is 0.432. The average Bonchev–Trinajstić information content (AvgIpc) is 2.73. The van der Waals surface area contributed by atoms with Crippen LogP contribution < -0.4 is 5.32 Å². The Morgan fingerprint density at radius 2 is 2.35 bits per heavy atom. The molecule has 1 aromatic heterocycles. The molecule has 0 bridgehead atoms. The fourth-order valence-corrected chi connectivity index (χ4v) is 1.60. The summed E-state index contributed by atoms with van der Waals surface area (Å²) in [6.07, 6.45) is 1.67. The van der Waals surface area contributed by atoms with Gasteiger partial charge in [0.1, 0.15) is 11.8 Å². The first kappa shape index (κ1) is 11.5. The molecule has 17 heavy (non-hydrogen) atoms. The molecule has 86 valence electrons. The van der Waals surface area contributed by atoms with Crippen LogP contribution in [0.3, 0.4) is 0 Å². The number of oxazole rings is 1. The van der Waals surface area contributed by atoms with E-state index in [4.69, 9.17) is 21.3 Å². The van der Waals surface area contributed by atoms with Crippen LogP contribution in [-0.4, -0.2) is 4.98 Å². The second kappa shape index (κ2) is 4.89. The van der Waals surface area contributed by atoms with Crippen molar-refractivity contribution in [2.45, 2.75) is 13.5 Å². The van der Waals surface area contributed by atoms with Crippen molar-refractivity contribution in [2.24, 2.45) is 0 Å². The number of rotatable bonds is 3. The molecule has 0 aliphatic rings. The zero-order valence-corrected chi connectivity index (χ0v) is 9.95. The number of nitrogens with zero attached hydrogens (tertiary/aromatic N) is 2. The first-order chi connectivity index (χ1) is 8.19. The number of halogens is 1. The fourth-order valence-electron chi connectivity index (χ4n) is 1.38. The van der Waals surface area contributed by atoms with E-state index in [0.29, 0.717) is 23.0 Å². The van der Waals surface area contributed by atoms with Gasteiger partial charge in [-0.25, -0.2) is 4.98 Å². The second-order valence-electron chi connectivity index (χ2n) is 3.52. The maximum atomic E-state index is 8.74. The third-order valence-corrected chi connectivity index (χ3v) is 2.52. The summed E-state index contributed by atoms with van der Waals surface area (Å²) in [5.41, 5.74) is 1.29. The number of benzene rings is 1. The predicted molar refractivity (Wildman–Crippen MR) is 64.7 cm³/mol. The standard InChI is InChI=1S/C12H10ClN3O/c1-8-6-16-12(17-8)7-15-10-3-2-9(5-14)11(13)4-10/h2-4,6,15H,7H2,1H3. The highest BCUT2D eigenvalue weighted by molar-refractivity contribution is 6.32. The molecular formula is C12H10ClN3O. The van der Waals surface area contributed by atoms with Crippen molar-refractivity contribution < 1.29 is 4.42 Å². The Morgan fingerprint density at radius 3 is 2.94 bits per heavy atom. The van der Waals surface area contributed by atoms with E-state index < -0.39 is 0 Å². The fraction of sp³-hybridized carbons (Fsp3) is 0.167. The molecule has 0 aliphatic heterocycles. The van der Waals surface area contributed by atoms with Gasteiger partial charge in [-0.1, -0.05) is 11.6 Å². The normalized spacial score (nSPS) is 9.94. The maximum absolute atomic E-state index is 8.74. The van der Waals surface area contributed by atoms with E-state index in [9.17, 15) is 0 Å². The Kier molecular flexibility index (Phi) is 3.31. The first-order valence-corrected chi connectivity index (χ1v) is 5.41. The summed E-state index contributed by atoms with van der Waals surface area (Å²) in [5.74, 6) is 1.39. The highest BCUT2D eigenvalue weighted by atomic mass is 35.5. The minimum absolute atomic E-state index is 0.432. The van der Waals surface area contributed by atoms with Crippen LogP contribution in [-0.2, 0) is 6.54 Å². The minimum Gasteiger partial charge on any atom is -0.444 e. The third-order valence-electron chi connectivity index (χ3n) is 2.20. The zero-order chi connectivity index (χ0) is 12.3. The van der Waals surface area contributed by atoms with Gasteiger partial charge in [0.15, 0.2) is 0 Å². The molecule has 1 heterocycles. The van der Waals surface area contributed by atoms with Gasteiger partial charge in [-0.15, -0.1) is 0 Å². The van der Waals surface area contributed by atoms with Crippen LogP contribution >= 0.6 is 11.6 Å². The van der Waals surface area contributed by atoms with Crippen LogP contribution in [0.1, 0.15) is 17.2 Å². The molecule has 0 fully saturated rings. The summed E-state index contributed by atoms with van der Waals surface area (Å²) >= 11 is 5.91. The molecule has 2 rings (SSSR count). The number of nitrogens with one attached hydrogen (secondary N) is 1. The van der Waals surface area contributed by atoms with E-state index in [0.717, 1.165) is 11.4 Å². The molecule has 0 atom stereocenters. The van der Waals surface area contributed by atoms with Gasteiger partial charge in [0.2, 0.25) is 5.89 Å². The number of aryl methyl sites for hydroxylation is 1. The van der Waals surface area contributed by atoms with Crippen LogP contribution in [0.4, 0.5) is 5.69 Å². The molecular weight excluding hydrogens is 238 g/mol. The SMILES string of the molecule is Cc1cnc(CNc2ccc(C#N)c(Cl)c2)o1. The summed E-state index contributed by atoms with van der Waals surface area (Å²) < 4.78 is 5.32. The van der Waals surface area contributed by atoms with E-state index in [2.05, 4.69) is 10.3 Å².